The van der Waals surface area contributed by atoms with Gasteiger partial charge >= 0.3 is 5.97 Å². The van der Waals surface area contributed by atoms with Crippen molar-refractivity contribution in [3.63, 3.8) is 0 Å². The first-order chi connectivity index (χ1) is 19.0. The summed E-state index contributed by atoms with van der Waals surface area (Å²) in [6.45, 7) is 2.92. The van der Waals surface area contributed by atoms with E-state index in [1.54, 1.807) is 4.57 Å². The topological polar surface area (TPSA) is 121 Å². The molecule has 3 N–H and O–H groups in total. The number of aromatic carboxylic acids is 1. The molecule has 0 radical (unpaired) electrons. The highest BCUT2D eigenvalue weighted by molar-refractivity contribution is 5.92. The molecule has 0 atom stereocenters. The molecule has 0 bridgehead atoms. The molecular weight excluding hydrogens is 494 g/mol. The predicted octanol–water partition coefficient (Wildman–Crippen LogP) is 3.88. The number of aliphatic hydroxyl groups excluding tert-OH is 1. The highest BCUT2D eigenvalue weighted by Gasteiger charge is 2.21. The van der Waals surface area contributed by atoms with Crippen molar-refractivity contribution in [2.45, 2.75) is 38.0 Å². The number of hydrogen-bond acceptors (Lipinski definition) is 7. The van der Waals surface area contributed by atoms with Crippen molar-refractivity contribution in [2.24, 2.45) is 0 Å². The number of aromatic nitrogens is 3. The van der Waals surface area contributed by atoms with Crippen LogP contribution in [0.25, 0.3) is 16.7 Å². The lowest BCUT2D eigenvalue weighted by Crippen LogP contribution is -2.34. The van der Waals surface area contributed by atoms with Gasteiger partial charge in [-0.1, -0.05) is 18.2 Å². The first kappa shape index (κ1) is 25.2. The molecule has 200 valence electrons. The number of carboxylic acids is 1. The van der Waals surface area contributed by atoms with Crippen LogP contribution in [0.1, 0.15) is 52.2 Å². The van der Waals surface area contributed by atoms with Crippen LogP contribution in [-0.4, -0.2) is 61.9 Å². The summed E-state index contributed by atoms with van der Waals surface area (Å²) < 4.78 is 1.68. The van der Waals surface area contributed by atoms with Gasteiger partial charge in [0.05, 0.1) is 12.0 Å². The van der Waals surface area contributed by atoms with Crippen molar-refractivity contribution in [1.82, 2.24) is 19.4 Å². The Morgan fingerprint density at radius 3 is 2.56 bits per heavy atom. The van der Waals surface area contributed by atoms with Gasteiger partial charge in [0.1, 0.15) is 5.56 Å². The number of rotatable bonds is 7. The SMILES string of the molecule is O=C(O)c1cn(-c2ccc3c(c2)CCC3)c2nc(Nc3ccc(C4CCN(CCO)CC4)cc3)ncc2c1=O. The van der Waals surface area contributed by atoms with Gasteiger partial charge in [-0.15, -0.1) is 0 Å². The number of aliphatic hydroxyl groups is 1. The number of benzene rings is 2. The molecule has 6 rings (SSSR count). The van der Waals surface area contributed by atoms with Crippen LogP contribution in [0.5, 0.6) is 0 Å². The summed E-state index contributed by atoms with van der Waals surface area (Å²) in [6.07, 6.45) is 8.02. The Labute approximate surface area is 225 Å². The maximum absolute atomic E-state index is 12.9. The number of aryl methyl sites for hydroxylation is 2. The van der Waals surface area contributed by atoms with Crippen molar-refractivity contribution >= 4 is 28.6 Å². The second-order valence-electron chi connectivity index (χ2n) is 10.4. The van der Waals surface area contributed by atoms with E-state index in [4.69, 9.17) is 5.11 Å². The highest BCUT2D eigenvalue weighted by atomic mass is 16.4. The summed E-state index contributed by atoms with van der Waals surface area (Å²) in [5.41, 5.74) is 4.86. The fourth-order valence-corrected chi connectivity index (χ4v) is 5.83. The number of carbonyl (C=O) groups is 1. The summed E-state index contributed by atoms with van der Waals surface area (Å²) in [7, 11) is 0. The molecule has 39 heavy (non-hydrogen) atoms. The van der Waals surface area contributed by atoms with Gasteiger partial charge < -0.3 is 25.0 Å². The van der Waals surface area contributed by atoms with Gasteiger partial charge in [0, 0.05) is 30.3 Å². The Hall–Kier alpha value is -4.08. The van der Waals surface area contributed by atoms with E-state index in [0.717, 1.165) is 63.1 Å². The molecule has 4 aromatic rings. The average molecular weight is 526 g/mol. The zero-order chi connectivity index (χ0) is 26.9. The van der Waals surface area contributed by atoms with Gasteiger partial charge in [0.15, 0.2) is 5.65 Å². The molecule has 0 spiro atoms. The van der Waals surface area contributed by atoms with E-state index < -0.39 is 11.4 Å². The lowest BCUT2D eigenvalue weighted by atomic mass is 9.89. The molecule has 2 aromatic heterocycles. The van der Waals surface area contributed by atoms with Gasteiger partial charge in [0.25, 0.3) is 0 Å². The first-order valence-corrected chi connectivity index (χ1v) is 13.5. The molecule has 3 heterocycles. The van der Waals surface area contributed by atoms with Gasteiger partial charge in [-0.3, -0.25) is 4.79 Å². The first-order valence-electron chi connectivity index (χ1n) is 13.5. The van der Waals surface area contributed by atoms with Crippen LogP contribution in [0.3, 0.4) is 0 Å². The number of pyridine rings is 1. The fraction of sp³-hybridized carbons (Fsp3) is 0.333. The van der Waals surface area contributed by atoms with E-state index in [1.807, 2.05) is 18.2 Å². The number of nitrogens with zero attached hydrogens (tertiary/aromatic N) is 4. The van der Waals surface area contributed by atoms with Gasteiger partial charge in [-0.05, 0) is 92.1 Å². The van der Waals surface area contributed by atoms with Crippen LogP contribution in [0, 0.1) is 0 Å². The van der Waals surface area contributed by atoms with E-state index in [9.17, 15) is 14.7 Å². The number of likely N-dealkylation sites (tertiary alicyclic amines) is 1. The van der Waals surface area contributed by atoms with E-state index >= 15 is 0 Å². The third kappa shape index (κ3) is 5.03. The second-order valence-corrected chi connectivity index (χ2v) is 10.4. The van der Waals surface area contributed by atoms with Crippen LogP contribution in [0.2, 0.25) is 0 Å². The Balaban J connectivity index is 1.30. The Bertz CT molecular complexity index is 1590. The standard InChI is InChI=1S/C30H31N5O4/c36-15-14-34-12-10-21(11-13-34)20-4-7-23(8-5-20)32-30-31-17-25-27(37)26(29(38)39)18-35(28(25)33-30)24-9-6-19-2-1-3-22(19)16-24/h4-9,16-18,21,36H,1-3,10-15H2,(H,38,39)(H,31,32,33). The number of piperidine rings is 1. The zero-order valence-electron chi connectivity index (χ0n) is 21.6. The summed E-state index contributed by atoms with van der Waals surface area (Å²) >= 11 is 0. The largest absolute Gasteiger partial charge is 0.477 e. The predicted molar refractivity (Wildman–Crippen MR) is 149 cm³/mol. The smallest absolute Gasteiger partial charge is 0.341 e. The Morgan fingerprint density at radius 1 is 1.05 bits per heavy atom. The van der Waals surface area contributed by atoms with Crippen LogP contribution >= 0.6 is 0 Å². The second kappa shape index (κ2) is 10.6. The number of nitrogens with one attached hydrogen (secondary N) is 1. The zero-order valence-corrected chi connectivity index (χ0v) is 21.6. The molecule has 0 unspecified atom stereocenters. The van der Waals surface area contributed by atoms with Crippen LogP contribution < -0.4 is 10.7 Å². The molecule has 1 fully saturated rings. The molecule has 2 aliphatic rings. The molecule has 1 aliphatic heterocycles. The molecule has 0 saturated carbocycles. The summed E-state index contributed by atoms with van der Waals surface area (Å²) in [4.78, 5) is 36.1. The lowest BCUT2D eigenvalue weighted by Gasteiger charge is -2.31. The van der Waals surface area contributed by atoms with E-state index in [0.29, 0.717) is 17.5 Å². The van der Waals surface area contributed by atoms with Gasteiger partial charge in [-0.2, -0.15) is 4.98 Å². The van der Waals surface area contributed by atoms with Crippen molar-refractivity contribution in [3.8, 4) is 5.69 Å². The maximum atomic E-state index is 12.9. The number of carboxylic acid groups (broad SMARTS) is 1. The lowest BCUT2D eigenvalue weighted by molar-refractivity contribution is 0.0695. The minimum Gasteiger partial charge on any atom is -0.477 e. The number of hydrogen-bond donors (Lipinski definition) is 3. The van der Waals surface area contributed by atoms with Crippen molar-refractivity contribution in [3.05, 3.63) is 87.3 Å². The molecule has 2 aromatic carbocycles. The number of β-amino-alcohol motifs (C(OH)–C–C–N with tert-alkyl or cyclic N) is 1. The normalized spacial score (nSPS) is 15.9. The van der Waals surface area contributed by atoms with Crippen LogP contribution in [0.15, 0.2) is 59.7 Å². The highest BCUT2D eigenvalue weighted by Crippen LogP contribution is 2.30. The third-order valence-electron chi connectivity index (χ3n) is 7.98. The molecule has 9 heteroatoms. The van der Waals surface area contributed by atoms with Crippen LogP contribution in [0.4, 0.5) is 11.6 Å². The summed E-state index contributed by atoms with van der Waals surface area (Å²) in [6, 6.07) is 14.3. The van der Waals surface area contributed by atoms with Crippen LogP contribution in [-0.2, 0) is 12.8 Å². The van der Waals surface area contributed by atoms with E-state index in [1.165, 1.54) is 29.1 Å². The van der Waals surface area contributed by atoms with Gasteiger partial charge in [-0.25, -0.2) is 9.78 Å². The molecule has 1 aliphatic carbocycles. The van der Waals surface area contributed by atoms with Gasteiger partial charge in [0.2, 0.25) is 11.4 Å². The number of fused-ring (bicyclic) bond motifs is 2. The minimum absolute atomic E-state index is 0.156. The van der Waals surface area contributed by atoms with E-state index in [-0.39, 0.29) is 17.6 Å². The van der Waals surface area contributed by atoms with Crippen molar-refractivity contribution in [1.29, 1.82) is 0 Å². The molecule has 9 nitrogen and oxygen atoms in total. The third-order valence-corrected chi connectivity index (χ3v) is 7.98. The van der Waals surface area contributed by atoms with E-state index in [2.05, 4.69) is 44.5 Å². The molecular formula is C30H31N5O4. The summed E-state index contributed by atoms with van der Waals surface area (Å²) in [5.74, 6) is -0.459. The Morgan fingerprint density at radius 2 is 1.82 bits per heavy atom. The minimum atomic E-state index is -1.28. The van der Waals surface area contributed by atoms with Crippen molar-refractivity contribution in [2.75, 3.05) is 31.6 Å². The number of anilines is 2. The molecule has 1 saturated heterocycles. The Kier molecular flexibility index (Phi) is 6.85. The van der Waals surface area contributed by atoms with Crippen molar-refractivity contribution < 1.29 is 15.0 Å². The monoisotopic (exact) mass is 525 g/mol. The quantitative estimate of drug-likeness (QED) is 0.333. The average Bonchev–Trinajstić information content (AvgIpc) is 3.42. The molecule has 0 amide bonds. The maximum Gasteiger partial charge on any atom is 0.341 e. The fourth-order valence-electron chi connectivity index (χ4n) is 5.83. The summed E-state index contributed by atoms with van der Waals surface area (Å²) in [5, 5.41) is 22.2.